The molecule has 6 nitrogen and oxygen atoms in total. The fraction of sp³-hybridized carbons (Fsp3) is 0.312. The summed E-state index contributed by atoms with van der Waals surface area (Å²) >= 11 is 0. The fourth-order valence-corrected chi connectivity index (χ4v) is 1.86. The first-order valence-electron chi connectivity index (χ1n) is 7.26. The van der Waals surface area contributed by atoms with E-state index in [9.17, 15) is 9.59 Å². The van der Waals surface area contributed by atoms with E-state index in [1.165, 1.54) is 12.3 Å². The number of benzene rings is 1. The van der Waals surface area contributed by atoms with Gasteiger partial charge in [0.25, 0.3) is 11.8 Å². The van der Waals surface area contributed by atoms with Gasteiger partial charge in [0.1, 0.15) is 6.26 Å². The topological polar surface area (TPSA) is 84.2 Å². The van der Waals surface area contributed by atoms with Crippen LogP contribution in [-0.2, 0) is 6.54 Å². The summed E-state index contributed by atoms with van der Waals surface area (Å²) < 4.78 is 4.61. The molecule has 22 heavy (non-hydrogen) atoms. The van der Waals surface area contributed by atoms with E-state index in [1.54, 1.807) is 12.1 Å². The number of hydrogen-bond donors (Lipinski definition) is 2. The van der Waals surface area contributed by atoms with Crippen molar-refractivity contribution in [3.8, 4) is 0 Å². The molecule has 0 radical (unpaired) electrons. The molecular formula is C16H19N3O3. The van der Waals surface area contributed by atoms with Gasteiger partial charge in [0, 0.05) is 24.7 Å². The highest BCUT2D eigenvalue weighted by Gasteiger charge is 2.08. The van der Waals surface area contributed by atoms with E-state index in [-0.39, 0.29) is 17.5 Å². The van der Waals surface area contributed by atoms with E-state index in [0.29, 0.717) is 18.7 Å². The van der Waals surface area contributed by atoms with Crippen molar-refractivity contribution < 1.29 is 14.1 Å². The molecule has 2 amide bonds. The summed E-state index contributed by atoms with van der Waals surface area (Å²) in [4.78, 5) is 23.6. The molecule has 0 bridgehead atoms. The van der Waals surface area contributed by atoms with Gasteiger partial charge in [-0.2, -0.15) is 0 Å². The van der Waals surface area contributed by atoms with Gasteiger partial charge in [-0.3, -0.25) is 9.59 Å². The number of rotatable bonds is 7. The lowest BCUT2D eigenvalue weighted by Crippen LogP contribution is -2.25. The Hall–Kier alpha value is -2.63. The zero-order valence-electron chi connectivity index (χ0n) is 12.5. The Morgan fingerprint density at radius 2 is 1.86 bits per heavy atom. The molecule has 0 atom stereocenters. The van der Waals surface area contributed by atoms with Crippen LogP contribution in [0.1, 0.15) is 46.2 Å². The fourth-order valence-electron chi connectivity index (χ4n) is 1.86. The number of carbonyl (C=O) groups is 2. The standard InChI is InChI=1S/C16H19N3O3/c1-2-3-9-17-15(20)13-6-4-12(5-7-13)11-18-16(21)14-8-10-22-19-14/h4-8,10H,2-3,9,11H2,1H3,(H,17,20)(H,18,21). The molecule has 2 aromatic rings. The lowest BCUT2D eigenvalue weighted by molar-refractivity contribution is 0.0936. The van der Waals surface area contributed by atoms with Crippen LogP contribution in [0, 0.1) is 0 Å². The summed E-state index contributed by atoms with van der Waals surface area (Å²) in [6.45, 7) is 3.13. The minimum Gasteiger partial charge on any atom is -0.364 e. The Morgan fingerprint density at radius 3 is 2.50 bits per heavy atom. The van der Waals surface area contributed by atoms with Crippen LogP contribution >= 0.6 is 0 Å². The van der Waals surface area contributed by atoms with Crippen LogP contribution in [0.25, 0.3) is 0 Å². The number of amides is 2. The molecule has 1 heterocycles. The second kappa shape index (κ2) is 7.97. The molecule has 6 heteroatoms. The van der Waals surface area contributed by atoms with Crippen LogP contribution in [0.2, 0.25) is 0 Å². The summed E-state index contributed by atoms with van der Waals surface area (Å²) in [6.07, 6.45) is 3.36. The Labute approximate surface area is 128 Å². The van der Waals surface area contributed by atoms with Crippen LogP contribution in [0.4, 0.5) is 0 Å². The Morgan fingerprint density at radius 1 is 1.09 bits per heavy atom. The van der Waals surface area contributed by atoms with Gasteiger partial charge in [-0.1, -0.05) is 30.6 Å². The number of nitrogens with one attached hydrogen (secondary N) is 2. The SMILES string of the molecule is CCCCNC(=O)c1ccc(CNC(=O)c2ccon2)cc1. The summed E-state index contributed by atoms with van der Waals surface area (Å²) in [6, 6.07) is 8.63. The number of unbranched alkanes of at least 4 members (excludes halogenated alkanes) is 1. The molecule has 0 spiro atoms. The highest BCUT2D eigenvalue weighted by atomic mass is 16.5. The third kappa shape index (κ3) is 4.44. The van der Waals surface area contributed by atoms with Crippen molar-refractivity contribution in [3.05, 3.63) is 53.4 Å². The third-order valence-corrected chi connectivity index (χ3v) is 3.16. The number of hydrogen-bond acceptors (Lipinski definition) is 4. The predicted octanol–water partition coefficient (Wildman–Crippen LogP) is 2.13. The normalized spacial score (nSPS) is 10.2. The first-order chi connectivity index (χ1) is 10.7. The smallest absolute Gasteiger partial charge is 0.273 e. The largest absolute Gasteiger partial charge is 0.364 e. The molecule has 116 valence electrons. The van der Waals surface area contributed by atoms with Crippen molar-refractivity contribution in [1.29, 1.82) is 0 Å². The molecule has 0 aliphatic carbocycles. The van der Waals surface area contributed by atoms with Crippen molar-refractivity contribution >= 4 is 11.8 Å². The quantitative estimate of drug-likeness (QED) is 0.767. The second-order valence-corrected chi connectivity index (χ2v) is 4.87. The van der Waals surface area contributed by atoms with Gasteiger partial charge in [0.05, 0.1) is 0 Å². The summed E-state index contributed by atoms with van der Waals surface area (Å²) in [5.41, 5.74) is 1.76. The molecule has 2 N–H and O–H groups in total. The van der Waals surface area contributed by atoms with Crippen molar-refractivity contribution in [2.75, 3.05) is 6.54 Å². The van der Waals surface area contributed by atoms with E-state index >= 15 is 0 Å². The molecule has 1 aromatic carbocycles. The molecule has 0 fully saturated rings. The van der Waals surface area contributed by atoms with Crippen LogP contribution < -0.4 is 10.6 Å². The molecule has 2 rings (SSSR count). The van der Waals surface area contributed by atoms with E-state index in [0.717, 1.165) is 18.4 Å². The average molecular weight is 301 g/mol. The molecule has 0 unspecified atom stereocenters. The highest BCUT2D eigenvalue weighted by molar-refractivity contribution is 5.94. The van der Waals surface area contributed by atoms with Crippen LogP contribution in [0.5, 0.6) is 0 Å². The number of nitrogens with zero attached hydrogens (tertiary/aromatic N) is 1. The average Bonchev–Trinajstić information content (AvgIpc) is 3.08. The van der Waals surface area contributed by atoms with E-state index in [4.69, 9.17) is 0 Å². The maximum Gasteiger partial charge on any atom is 0.273 e. The maximum atomic E-state index is 11.9. The van der Waals surface area contributed by atoms with Gasteiger partial charge in [-0.25, -0.2) is 0 Å². The zero-order chi connectivity index (χ0) is 15.8. The maximum absolute atomic E-state index is 11.9. The Bertz CT molecular complexity index is 606. The Balaban J connectivity index is 1.84. The van der Waals surface area contributed by atoms with Crippen molar-refractivity contribution in [2.45, 2.75) is 26.3 Å². The molecular weight excluding hydrogens is 282 g/mol. The minimum atomic E-state index is -0.296. The summed E-state index contributed by atoms with van der Waals surface area (Å²) in [7, 11) is 0. The van der Waals surface area contributed by atoms with Gasteiger partial charge in [-0.15, -0.1) is 0 Å². The zero-order valence-corrected chi connectivity index (χ0v) is 12.5. The second-order valence-electron chi connectivity index (χ2n) is 4.87. The predicted molar refractivity (Wildman–Crippen MR) is 81.4 cm³/mol. The number of aromatic nitrogens is 1. The van der Waals surface area contributed by atoms with E-state index in [2.05, 4.69) is 27.2 Å². The van der Waals surface area contributed by atoms with Gasteiger partial charge in [0.15, 0.2) is 5.69 Å². The Kier molecular flexibility index (Phi) is 5.71. The monoisotopic (exact) mass is 301 g/mol. The highest BCUT2D eigenvalue weighted by Crippen LogP contribution is 2.05. The van der Waals surface area contributed by atoms with E-state index in [1.807, 2.05) is 12.1 Å². The molecule has 1 aromatic heterocycles. The molecule has 0 aliphatic heterocycles. The van der Waals surface area contributed by atoms with Crippen LogP contribution in [0.15, 0.2) is 41.1 Å². The van der Waals surface area contributed by atoms with Crippen LogP contribution in [0.3, 0.4) is 0 Å². The lowest BCUT2D eigenvalue weighted by Gasteiger charge is -2.06. The first kappa shape index (κ1) is 15.8. The van der Waals surface area contributed by atoms with Gasteiger partial charge >= 0.3 is 0 Å². The van der Waals surface area contributed by atoms with Gasteiger partial charge < -0.3 is 15.2 Å². The molecule has 0 saturated carbocycles. The molecule has 0 aliphatic rings. The minimum absolute atomic E-state index is 0.0772. The van der Waals surface area contributed by atoms with E-state index < -0.39 is 0 Å². The first-order valence-corrected chi connectivity index (χ1v) is 7.26. The van der Waals surface area contributed by atoms with Gasteiger partial charge in [-0.05, 0) is 24.1 Å². The third-order valence-electron chi connectivity index (χ3n) is 3.16. The molecule has 0 saturated heterocycles. The van der Waals surface area contributed by atoms with Crippen molar-refractivity contribution in [2.24, 2.45) is 0 Å². The van der Waals surface area contributed by atoms with Crippen molar-refractivity contribution in [3.63, 3.8) is 0 Å². The van der Waals surface area contributed by atoms with Crippen LogP contribution in [-0.4, -0.2) is 23.5 Å². The van der Waals surface area contributed by atoms with Crippen molar-refractivity contribution in [1.82, 2.24) is 15.8 Å². The lowest BCUT2D eigenvalue weighted by atomic mass is 10.1. The summed E-state index contributed by atoms with van der Waals surface area (Å²) in [5, 5.41) is 9.15. The van der Waals surface area contributed by atoms with Gasteiger partial charge in [0.2, 0.25) is 0 Å². The number of carbonyl (C=O) groups excluding carboxylic acids is 2. The summed E-state index contributed by atoms with van der Waals surface area (Å²) in [5.74, 6) is -0.373.